The zero-order chi connectivity index (χ0) is 11.5. The lowest BCUT2D eigenvalue weighted by Gasteiger charge is -2.26. The number of aliphatic hydroxyl groups is 2. The second-order valence-electron chi connectivity index (χ2n) is 4.03. The number of rotatable bonds is 5. The molecule has 0 bridgehead atoms. The summed E-state index contributed by atoms with van der Waals surface area (Å²) in [5.41, 5.74) is 1.14. The lowest BCUT2D eigenvalue weighted by molar-refractivity contribution is 0.103. The normalized spacial score (nSPS) is 12.1. The molecule has 0 fully saturated rings. The summed E-state index contributed by atoms with van der Waals surface area (Å²) in [5.74, 6) is 0.762. The van der Waals surface area contributed by atoms with Crippen molar-refractivity contribution in [2.45, 2.75) is 32.9 Å². The standard InChI is InChI=1S/C10H18N2O3/c1-7-9(8(2)15-12-7)4-11-10(3,5-13)6-14/h11,13-14H,4-6H2,1-3H3. The van der Waals surface area contributed by atoms with Crippen molar-refractivity contribution in [1.82, 2.24) is 10.5 Å². The van der Waals surface area contributed by atoms with Crippen LogP contribution in [-0.4, -0.2) is 34.1 Å². The van der Waals surface area contributed by atoms with Gasteiger partial charge in [0.1, 0.15) is 5.76 Å². The Kier molecular flexibility index (Phi) is 3.84. The number of hydrogen-bond donors (Lipinski definition) is 3. The number of hydrogen-bond acceptors (Lipinski definition) is 5. The van der Waals surface area contributed by atoms with Gasteiger partial charge in [-0.3, -0.25) is 0 Å². The molecule has 5 nitrogen and oxygen atoms in total. The number of aromatic nitrogens is 1. The van der Waals surface area contributed by atoms with E-state index in [0.29, 0.717) is 6.54 Å². The topological polar surface area (TPSA) is 78.5 Å². The molecule has 0 radical (unpaired) electrons. The highest BCUT2D eigenvalue weighted by Crippen LogP contribution is 2.13. The van der Waals surface area contributed by atoms with Gasteiger partial charge in [-0.2, -0.15) is 0 Å². The van der Waals surface area contributed by atoms with Crippen LogP contribution in [0.3, 0.4) is 0 Å². The Hall–Kier alpha value is -0.910. The maximum Gasteiger partial charge on any atom is 0.138 e. The third-order valence-electron chi connectivity index (χ3n) is 2.57. The highest BCUT2D eigenvalue weighted by Gasteiger charge is 2.22. The molecule has 5 heteroatoms. The first-order valence-electron chi connectivity index (χ1n) is 4.91. The first-order chi connectivity index (χ1) is 7.02. The third-order valence-corrected chi connectivity index (χ3v) is 2.57. The molecule has 0 unspecified atom stereocenters. The molecule has 3 N–H and O–H groups in total. The number of aryl methyl sites for hydroxylation is 2. The van der Waals surface area contributed by atoms with Crippen LogP contribution in [0, 0.1) is 13.8 Å². The van der Waals surface area contributed by atoms with Crippen molar-refractivity contribution in [2.24, 2.45) is 0 Å². The van der Waals surface area contributed by atoms with Crippen LogP contribution >= 0.6 is 0 Å². The van der Waals surface area contributed by atoms with Gasteiger partial charge in [-0.1, -0.05) is 5.16 Å². The van der Waals surface area contributed by atoms with Crippen molar-refractivity contribution in [3.8, 4) is 0 Å². The van der Waals surface area contributed by atoms with E-state index in [1.54, 1.807) is 6.92 Å². The molecular weight excluding hydrogens is 196 g/mol. The molecule has 0 atom stereocenters. The smallest absolute Gasteiger partial charge is 0.138 e. The summed E-state index contributed by atoms with van der Waals surface area (Å²) in [6.07, 6.45) is 0. The van der Waals surface area contributed by atoms with E-state index >= 15 is 0 Å². The van der Waals surface area contributed by atoms with Crippen LogP contribution < -0.4 is 5.32 Å². The van der Waals surface area contributed by atoms with Crippen LogP contribution in [0.25, 0.3) is 0 Å². The Morgan fingerprint density at radius 2 is 1.93 bits per heavy atom. The minimum atomic E-state index is -0.670. The fourth-order valence-electron chi connectivity index (χ4n) is 1.22. The molecule has 0 aliphatic carbocycles. The van der Waals surface area contributed by atoms with E-state index in [9.17, 15) is 0 Å². The Balaban J connectivity index is 2.64. The second-order valence-corrected chi connectivity index (χ2v) is 4.03. The summed E-state index contributed by atoms with van der Waals surface area (Å²) in [6.45, 7) is 5.75. The van der Waals surface area contributed by atoms with Crippen molar-refractivity contribution < 1.29 is 14.7 Å². The molecule has 0 amide bonds. The summed E-state index contributed by atoms with van der Waals surface area (Å²) >= 11 is 0. The fraction of sp³-hybridized carbons (Fsp3) is 0.700. The van der Waals surface area contributed by atoms with Crippen molar-refractivity contribution in [3.05, 3.63) is 17.0 Å². The summed E-state index contributed by atoms with van der Waals surface area (Å²) in [6, 6.07) is 0. The van der Waals surface area contributed by atoms with Gasteiger partial charge in [-0.25, -0.2) is 0 Å². The predicted molar refractivity (Wildman–Crippen MR) is 55.4 cm³/mol. The third kappa shape index (κ3) is 2.77. The molecular formula is C10H18N2O3. The quantitative estimate of drug-likeness (QED) is 0.649. The van der Waals surface area contributed by atoms with Gasteiger partial charge in [0.05, 0.1) is 24.4 Å². The van der Waals surface area contributed by atoms with Gasteiger partial charge in [0.2, 0.25) is 0 Å². The van der Waals surface area contributed by atoms with Crippen LogP contribution in [0.5, 0.6) is 0 Å². The van der Waals surface area contributed by atoms with E-state index in [0.717, 1.165) is 17.0 Å². The minimum Gasteiger partial charge on any atom is -0.394 e. The number of nitrogens with one attached hydrogen (secondary N) is 1. The molecule has 86 valence electrons. The van der Waals surface area contributed by atoms with Crippen LogP contribution in [0.15, 0.2) is 4.52 Å². The zero-order valence-electron chi connectivity index (χ0n) is 9.37. The van der Waals surface area contributed by atoms with Gasteiger partial charge in [0, 0.05) is 12.1 Å². The summed E-state index contributed by atoms with van der Waals surface area (Å²) in [5, 5.41) is 25.1. The SMILES string of the molecule is Cc1noc(C)c1CNC(C)(CO)CO. The molecule has 0 saturated carbocycles. The van der Waals surface area contributed by atoms with E-state index in [1.165, 1.54) is 0 Å². The highest BCUT2D eigenvalue weighted by molar-refractivity contribution is 5.20. The van der Waals surface area contributed by atoms with Gasteiger partial charge >= 0.3 is 0 Å². The van der Waals surface area contributed by atoms with Crippen LogP contribution in [0.2, 0.25) is 0 Å². The largest absolute Gasteiger partial charge is 0.394 e. The first-order valence-corrected chi connectivity index (χ1v) is 4.91. The monoisotopic (exact) mass is 214 g/mol. The van der Waals surface area contributed by atoms with Gasteiger partial charge in [0.25, 0.3) is 0 Å². The molecule has 0 aliphatic heterocycles. The molecule has 0 saturated heterocycles. The lowest BCUT2D eigenvalue weighted by Crippen LogP contribution is -2.48. The molecule has 0 spiro atoms. The molecule has 15 heavy (non-hydrogen) atoms. The van der Waals surface area contributed by atoms with E-state index in [1.807, 2.05) is 13.8 Å². The summed E-state index contributed by atoms with van der Waals surface area (Å²) in [7, 11) is 0. The maximum absolute atomic E-state index is 9.09. The average Bonchev–Trinajstić information content (AvgIpc) is 2.56. The maximum atomic E-state index is 9.09. The van der Waals surface area contributed by atoms with Crippen molar-refractivity contribution in [1.29, 1.82) is 0 Å². The Bertz CT molecular complexity index is 299. The molecule has 0 aliphatic rings. The van der Waals surface area contributed by atoms with E-state index in [-0.39, 0.29) is 13.2 Å². The average molecular weight is 214 g/mol. The van der Waals surface area contributed by atoms with Gasteiger partial charge < -0.3 is 20.1 Å². The summed E-state index contributed by atoms with van der Waals surface area (Å²) < 4.78 is 5.01. The van der Waals surface area contributed by atoms with E-state index in [2.05, 4.69) is 10.5 Å². The second kappa shape index (κ2) is 4.74. The number of aliphatic hydroxyl groups excluding tert-OH is 2. The fourth-order valence-corrected chi connectivity index (χ4v) is 1.22. The van der Waals surface area contributed by atoms with Gasteiger partial charge in [0.15, 0.2) is 0 Å². The van der Waals surface area contributed by atoms with Crippen LogP contribution in [-0.2, 0) is 6.54 Å². The zero-order valence-corrected chi connectivity index (χ0v) is 9.37. The molecule has 1 aromatic heterocycles. The minimum absolute atomic E-state index is 0.118. The van der Waals surface area contributed by atoms with Gasteiger partial charge in [-0.05, 0) is 20.8 Å². The number of nitrogens with zero attached hydrogens (tertiary/aromatic N) is 1. The van der Waals surface area contributed by atoms with Gasteiger partial charge in [-0.15, -0.1) is 0 Å². The van der Waals surface area contributed by atoms with E-state index in [4.69, 9.17) is 14.7 Å². The predicted octanol–water partition coefficient (Wildman–Crippen LogP) is 0.124. The van der Waals surface area contributed by atoms with Crippen LogP contribution in [0.4, 0.5) is 0 Å². The molecule has 1 rings (SSSR count). The van der Waals surface area contributed by atoms with Crippen molar-refractivity contribution in [2.75, 3.05) is 13.2 Å². The molecule has 0 aromatic carbocycles. The van der Waals surface area contributed by atoms with Crippen LogP contribution in [0.1, 0.15) is 23.9 Å². The highest BCUT2D eigenvalue weighted by atomic mass is 16.5. The Morgan fingerprint density at radius 3 is 2.33 bits per heavy atom. The van der Waals surface area contributed by atoms with Crippen molar-refractivity contribution >= 4 is 0 Å². The Morgan fingerprint density at radius 1 is 1.33 bits per heavy atom. The van der Waals surface area contributed by atoms with E-state index < -0.39 is 5.54 Å². The first kappa shape index (κ1) is 12.2. The molecule has 1 aromatic rings. The van der Waals surface area contributed by atoms with Crippen molar-refractivity contribution in [3.63, 3.8) is 0 Å². The summed E-state index contributed by atoms with van der Waals surface area (Å²) in [4.78, 5) is 0. The molecule has 1 heterocycles. The Labute approximate surface area is 89.1 Å². The lowest BCUT2D eigenvalue weighted by atomic mass is 10.0.